The number of nitrogens with one attached hydrogen (secondary N) is 2. The number of nitrogens with zero attached hydrogens (tertiary/aromatic N) is 4. The van der Waals surface area contributed by atoms with Crippen molar-refractivity contribution >= 4 is 23.3 Å². The molecule has 154 valence electrons. The van der Waals surface area contributed by atoms with Crippen LogP contribution < -0.4 is 15.5 Å². The molecule has 0 bridgehead atoms. The summed E-state index contributed by atoms with van der Waals surface area (Å²) in [4.78, 5) is 28.6. The Labute approximate surface area is 175 Å². The van der Waals surface area contributed by atoms with E-state index in [1.807, 2.05) is 42.5 Å². The summed E-state index contributed by atoms with van der Waals surface area (Å²) in [5.41, 5.74) is 2.00. The molecule has 2 N–H and O–H groups in total. The standard InChI is InChI=1S/C22H24N6O2/c1-2-30-22(29)18-20(25-17-6-4-3-5-7-17)26-19(16-8-10-23-11-9-16)27-21(18)28-14-12-24-13-15-28/h3-11,24H,2,12-15H2,1H3,(H,25,26,27). The number of ether oxygens (including phenoxy) is 1. The first-order valence-corrected chi connectivity index (χ1v) is 10.0. The number of piperazine rings is 1. The summed E-state index contributed by atoms with van der Waals surface area (Å²) in [5, 5.41) is 6.63. The maximum atomic E-state index is 13.0. The van der Waals surface area contributed by atoms with Crippen LogP contribution in [0.4, 0.5) is 17.3 Å². The Kier molecular flexibility index (Phi) is 6.14. The fraction of sp³-hybridized carbons (Fsp3) is 0.273. The third-order valence-corrected chi connectivity index (χ3v) is 4.76. The lowest BCUT2D eigenvalue weighted by Crippen LogP contribution is -2.44. The molecule has 8 nitrogen and oxygen atoms in total. The van der Waals surface area contributed by atoms with E-state index in [0.717, 1.165) is 37.4 Å². The predicted octanol–water partition coefficient (Wildman–Crippen LogP) is 2.87. The summed E-state index contributed by atoms with van der Waals surface area (Å²) in [6.45, 7) is 5.18. The molecule has 0 saturated carbocycles. The van der Waals surface area contributed by atoms with Crippen molar-refractivity contribution in [1.29, 1.82) is 0 Å². The van der Waals surface area contributed by atoms with E-state index in [9.17, 15) is 4.79 Å². The normalized spacial score (nSPS) is 13.7. The molecule has 2 aromatic heterocycles. The Morgan fingerprint density at radius 3 is 2.53 bits per heavy atom. The second kappa shape index (κ2) is 9.32. The van der Waals surface area contributed by atoms with Crippen LogP contribution in [0.1, 0.15) is 17.3 Å². The smallest absolute Gasteiger partial charge is 0.345 e. The number of anilines is 3. The molecule has 1 saturated heterocycles. The third-order valence-electron chi connectivity index (χ3n) is 4.76. The van der Waals surface area contributed by atoms with Crippen molar-refractivity contribution in [2.75, 3.05) is 43.0 Å². The summed E-state index contributed by atoms with van der Waals surface area (Å²) in [5.74, 6) is 1.09. The molecular weight excluding hydrogens is 380 g/mol. The van der Waals surface area contributed by atoms with E-state index in [0.29, 0.717) is 23.0 Å². The topological polar surface area (TPSA) is 92.3 Å². The van der Waals surface area contributed by atoms with E-state index in [2.05, 4.69) is 20.5 Å². The lowest BCUT2D eigenvalue weighted by atomic mass is 10.2. The molecule has 1 aliphatic rings. The first-order valence-electron chi connectivity index (χ1n) is 10.0. The molecule has 4 rings (SSSR count). The highest BCUT2D eigenvalue weighted by molar-refractivity contribution is 6.01. The van der Waals surface area contributed by atoms with Gasteiger partial charge in [-0.25, -0.2) is 14.8 Å². The molecule has 3 heterocycles. The quantitative estimate of drug-likeness (QED) is 0.606. The molecule has 0 radical (unpaired) electrons. The molecule has 0 aliphatic carbocycles. The van der Waals surface area contributed by atoms with Crippen molar-refractivity contribution < 1.29 is 9.53 Å². The number of carbonyl (C=O) groups excluding carboxylic acids is 1. The minimum atomic E-state index is -0.439. The largest absolute Gasteiger partial charge is 0.462 e. The van der Waals surface area contributed by atoms with Gasteiger partial charge in [-0.1, -0.05) is 18.2 Å². The van der Waals surface area contributed by atoms with E-state index in [1.165, 1.54) is 0 Å². The molecule has 1 fully saturated rings. The summed E-state index contributed by atoms with van der Waals surface area (Å²) >= 11 is 0. The number of esters is 1. The van der Waals surface area contributed by atoms with Crippen molar-refractivity contribution in [1.82, 2.24) is 20.3 Å². The SMILES string of the molecule is CCOC(=O)c1c(Nc2ccccc2)nc(-c2ccncc2)nc1N1CCNCC1. The highest BCUT2D eigenvalue weighted by Gasteiger charge is 2.27. The van der Waals surface area contributed by atoms with Crippen molar-refractivity contribution in [3.05, 3.63) is 60.4 Å². The van der Waals surface area contributed by atoms with Crippen molar-refractivity contribution in [2.24, 2.45) is 0 Å². The molecule has 1 aliphatic heterocycles. The minimum Gasteiger partial charge on any atom is -0.462 e. The highest BCUT2D eigenvalue weighted by atomic mass is 16.5. The number of hydrogen-bond acceptors (Lipinski definition) is 8. The van der Waals surface area contributed by atoms with Gasteiger partial charge in [-0.15, -0.1) is 0 Å². The van der Waals surface area contributed by atoms with Gasteiger partial charge >= 0.3 is 5.97 Å². The van der Waals surface area contributed by atoms with E-state index >= 15 is 0 Å². The van der Waals surface area contributed by atoms with Crippen LogP contribution in [0.3, 0.4) is 0 Å². The Balaban J connectivity index is 1.88. The fourth-order valence-corrected chi connectivity index (χ4v) is 3.32. The number of hydrogen-bond donors (Lipinski definition) is 2. The fourth-order valence-electron chi connectivity index (χ4n) is 3.32. The summed E-state index contributed by atoms with van der Waals surface area (Å²) < 4.78 is 5.37. The lowest BCUT2D eigenvalue weighted by molar-refractivity contribution is 0.0527. The van der Waals surface area contributed by atoms with Crippen LogP contribution in [0.2, 0.25) is 0 Å². The molecule has 3 aromatic rings. The number of rotatable bonds is 6. The maximum Gasteiger partial charge on any atom is 0.345 e. The van der Waals surface area contributed by atoms with Gasteiger partial charge in [-0.05, 0) is 31.2 Å². The molecule has 1 aromatic carbocycles. The number of aromatic nitrogens is 3. The van der Waals surface area contributed by atoms with E-state index in [1.54, 1.807) is 19.3 Å². The van der Waals surface area contributed by atoms with Crippen LogP contribution >= 0.6 is 0 Å². The summed E-state index contributed by atoms with van der Waals surface area (Å²) in [6, 6.07) is 13.3. The number of para-hydroxylation sites is 1. The summed E-state index contributed by atoms with van der Waals surface area (Å²) in [7, 11) is 0. The van der Waals surface area contributed by atoms with Crippen LogP contribution in [0.5, 0.6) is 0 Å². The Bertz CT molecular complexity index is 991. The van der Waals surface area contributed by atoms with Crippen molar-refractivity contribution in [3.8, 4) is 11.4 Å². The van der Waals surface area contributed by atoms with Gasteiger partial charge < -0.3 is 20.3 Å². The number of pyridine rings is 1. The Hall–Kier alpha value is -3.52. The van der Waals surface area contributed by atoms with Crippen molar-refractivity contribution in [3.63, 3.8) is 0 Å². The second-order valence-corrected chi connectivity index (χ2v) is 6.78. The van der Waals surface area contributed by atoms with Gasteiger partial charge in [0.15, 0.2) is 11.6 Å². The Morgan fingerprint density at radius 2 is 1.83 bits per heavy atom. The van der Waals surface area contributed by atoms with Gasteiger partial charge in [0.1, 0.15) is 11.4 Å². The van der Waals surface area contributed by atoms with Crippen LogP contribution in [0.25, 0.3) is 11.4 Å². The van der Waals surface area contributed by atoms with Gasteiger partial charge in [0, 0.05) is 49.8 Å². The zero-order valence-corrected chi connectivity index (χ0v) is 16.8. The van der Waals surface area contributed by atoms with Crippen LogP contribution in [0, 0.1) is 0 Å². The lowest BCUT2D eigenvalue weighted by Gasteiger charge is -2.30. The second-order valence-electron chi connectivity index (χ2n) is 6.78. The Morgan fingerprint density at radius 1 is 1.10 bits per heavy atom. The number of benzene rings is 1. The van der Waals surface area contributed by atoms with E-state index < -0.39 is 5.97 Å². The van der Waals surface area contributed by atoms with Gasteiger partial charge in [0.25, 0.3) is 0 Å². The third kappa shape index (κ3) is 4.38. The van der Waals surface area contributed by atoms with E-state index in [4.69, 9.17) is 14.7 Å². The molecule has 8 heteroatoms. The zero-order valence-electron chi connectivity index (χ0n) is 16.8. The molecule has 30 heavy (non-hydrogen) atoms. The molecule has 0 spiro atoms. The number of carbonyl (C=O) groups is 1. The first-order chi connectivity index (χ1) is 14.8. The molecule has 0 unspecified atom stereocenters. The highest BCUT2D eigenvalue weighted by Crippen LogP contribution is 2.31. The van der Waals surface area contributed by atoms with Gasteiger partial charge in [-0.2, -0.15) is 0 Å². The average Bonchev–Trinajstić information content (AvgIpc) is 2.80. The monoisotopic (exact) mass is 404 g/mol. The zero-order chi connectivity index (χ0) is 20.8. The van der Waals surface area contributed by atoms with Crippen LogP contribution in [0.15, 0.2) is 54.9 Å². The van der Waals surface area contributed by atoms with Crippen LogP contribution in [-0.4, -0.2) is 53.7 Å². The molecule has 0 atom stereocenters. The minimum absolute atomic E-state index is 0.275. The molecule has 0 amide bonds. The van der Waals surface area contributed by atoms with Gasteiger partial charge in [0.2, 0.25) is 0 Å². The maximum absolute atomic E-state index is 13.0. The summed E-state index contributed by atoms with van der Waals surface area (Å²) in [6.07, 6.45) is 3.40. The average molecular weight is 404 g/mol. The predicted molar refractivity (Wildman–Crippen MR) is 116 cm³/mol. The molecular formula is C22H24N6O2. The first kappa shape index (κ1) is 19.8. The van der Waals surface area contributed by atoms with Gasteiger partial charge in [0.05, 0.1) is 6.61 Å². The van der Waals surface area contributed by atoms with Crippen molar-refractivity contribution in [2.45, 2.75) is 6.92 Å². The van der Waals surface area contributed by atoms with Gasteiger partial charge in [-0.3, -0.25) is 4.98 Å². The van der Waals surface area contributed by atoms with Crippen LogP contribution in [-0.2, 0) is 4.74 Å². The van der Waals surface area contributed by atoms with E-state index in [-0.39, 0.29) is 6.61 Å².